The molecule has 110 valence electrons. The molecule has 3 rings (SSSR count). The Hall–Kier alpha value is -1.80. The van der Waals surface area contributed by atoms with Gasteiger partial charge in [-0.25, -0.2) is 0 Å². The Morgan fingerprint density at radius 3 is 2.62 bits per heavy atom. The second-order valence-electron chi connectivity index (χ2n) is 4.55. The number of hydroxylamine groups is 2. The van der Waals surface area contributed by atoms with E-state index in [-0.39, 0.29) is 22.5 Å². The van der Waals surface area contributed by atoms with Gasteiger partial charge in [0, 0.05) is 17.7 Å². The van der Waals surface area contributed by atoms with Gasteiger partial charge in [0.15, 0.2) is 17.2 Å². The number of hydrogen-bond acceptors (Lipinski definition) is 5. The van der Waals surface area contributed by atoms with Gasteiger partial charge >= 0.3 is 0 Å². The lowest BCUT2D eigenvalue weighted by Crippen LogP contribution is -2.46. The first-order valence-electron chi connectivity index (χ1n) is 5.96. The summed E-state index contributed by atoms with van der Waals surface area (Å²) >= 11 is 6.13. The molecule has 0 N–H and O–H groups in total. The number of quaternary nitrogens is 1. The van der Waals surface area contributed by atoms with Crippen molar-refractivity contribution in [2.24, 2.45) is 0 Å². The number of rotatable bonds is 1. The van der Waals surface area contributed by atoms with E-state index < -0.39 is 14.9 Å². The molecule has 2 aliphatic rings. The molecule has 0 amide bonds. The number of ether oxygens (including phenoxy) is 2. The highest BCUT2D eigenvalue weighted by Crippen LogP contribution is 2.44. The van der Waals surface area contributed by atoms with Crippen molar-refractivity contribution >= 4 is 32.6 Å². The number of benzene rings is 1. The standard InChI is InChI=1S/C13H10ClNO5S/c1-8-3-2-4-15(16,13(8)21(17)18)10-6-12-11(5-9(10)14)19-7-20-12/h2-6H,7H2,1H3. The van der Waals surface area contributed by atoms with Crippen LogP contribution in [0.25, 0.3) is 0 Å². The monoisotopic (exact) mass is 327 g/mol. The maximum Gasteiger partial charge on any atom is 0.277 e. The van der Waals surface area contributed by atoms with Gasteiger partial charge in [-0.1, -0.05) is 11.6 Å². The van der Waals surface area contributed by atoms with Crippen LogP contribution >= 0.6 is 11.6 Å². The van der Waals surface area contributed by atoms with Crippen molar-refractivity contribution in [3.05, 3.63) is 46.3 Å². The maximum atomic E-state index is 13.1. The molecule has 0 spiro atoms. The van der Waals surface area contributed by atoms with Crippen molar-refractivity contribution in [1.82, 2.24) is 4.65 Å². The predicted molar refractivity (Wildman–Crippen MR) is 79.6 cm³/mol. The predicted octanol–water partition coefficient (Wildman–Crippen LogP) is 2.36. The molecule has 1 unspecified atom stereocenters. The smallest absolute Gasteiger partial charge is 0.277 e. The van der Waals surface area contributed by atoms with Gasteiger partial charge in [0.1, 0.15) is 11.2 Å². The lowest BCUT2D eigenvalue weighted by Gasteiger charge is -2.39. The van der Waals surface area contributed by atoms with Crippen LogP contribution in [-0.4, -0.2) is 20.2 Å². The molecular weight excluding hydrogens is 318 g/mol. The first-order valence-corrected chi connectivity index (χ1v) is 7.41. The zero-order valence-electron chi connectivity index (χ0n) is 10.9. The highest BCUT2D eigenvalue weighted by Gasteiger charge is 2.35. The van der Waals surface area contributed by atoms with Crippen LogP contribution in [0.3, 0.4) is 0 Å². The molecule has 0 saturated carbocycles. The fraction of sp³-hybridized carbons (Fsp3) is 0.154. The quantitative estimate of drug-likeness (QED) is 0.449. The van der Waals surface area contributed by atoms with Gasteiger partial charge in [-0.2, -0.15) is 8.42 Å². The van der Waals surface area contributed by atoms with Gasteiger partial charge in [-0.05, 0) is 19.1 Å². The molecule has 0 aliphatic carbocycles. The number of fused-ring (bicyclic) bond motifs is 1. The van der Waals surface area contributed by atoms with Crippen LogP contribution in [0.4, 0.5) is 5.69 Å². The number of nitrogens with zero attached hydrogens (tertiary/aromatic N) is 1. The van der Waals surface area contributed by atoms with Gasteiger partial charge in [-0.15, -0.1) is 0 Å². The zero-order valence-corrected chi connectivity index (χ0v) is 12.4. The minimum absolute atomic E-state index is 0.0345. The number of allylic oxidation sites excluding steroid dienone is 2. The SMILES string of the molecule is CC1=CC=C[N+]([O-])(c2cc3c(cc2Cl)OCO3)C1=S(=O)=O. The Balaban J connectivity index is 2.26. The Labute approximate surface area is 127 Å². The van der Waals surface area contributed by atoms with E-state index in [2.05, 4.69) is 0 Å². The summed E-state index contributed by atoms with van der Waals surface area (Å²) in [7, 11) is -2.68. The summed E-state index contributed by atoms with van der Waals surface area (Å²) in [6.45, 7) is 1.59. The Morgan fingerprint density at radius 1 is 1.29 bits per heavy atom. The van der Waals surface area contributed by atoms with E-state index in [9.17, 15) is 13.6 Å². The lowest BCUT2D eigenvalue weighted by molar-refractivity contribution is 0.174. The molecule has 0 radical (unpaired) electrons. The molecule has 0 bridgehead atoms. The fourth-order valence-corrected chi connectivity index (χ4v) is 3.29. The second-order valence-corrected chi connectivity index (χ2v) is 5.81. The molecule has 6 nitrogen and oxygen atoms in total. The average Bonchev–Trinajstić information content (AvgIpc) is 2.84. The van der Waals surface area contributed by atoms with Crippen molar-refractivity contribution in [3.8, 4) is 11.5 Å². The molecule has 1 atom stereocenters. The van der Waals surface area contributed by atoms with E-state index in [0.717, 1.165) is 0 Å². The van der Waals surface area contributed by atoms with Crippen molar-refractivity contribution in [1.29, 1.82) is 0 Å². The van der Waals surface area contributed by atoms with E-state index in [0.29, 0.717) is 17.1 Å². The zero-order chi connectivity index (χ0) is 15.2. The molecule has 21 heavy (non-hydrogen) atoms. The molecule has 0 saturated heterocycles. The summed E-state index contributed by atoms with van der Waals surface area (Å²) in [6, 6.07) is 2.86. The fourth-order valence-electron chi connectivity index (χ4n) is 2.30. The molecule has 2 aliphatic heterocycles. The van der Waals surface area contributed by atoms with Crippen LogP contribution in [0.15, 0.2) is 36.1 Å². The van der Waals surface area contributed by atoms with Crippen LogP contribution < -0.4 is 14.1 Å². The van der Waals surface area contributed by atoms with Crippen LogP contribution in [0.1, 0.15) is 6.92 Å². The van der Waals surface area contributed by atoms with Gasteiger partial charge in [0.2, 0.25) is 6.79 Å². The summed E-state index contributed by atoms with van der Waals surface area (Å²) in [5.74, 6) is 0.785. The normalized spacial score (nSPS) is 23.2. The van der Waals surface area contributed by atoms with Gasteiger partial charge in [-0.3, -0.25) is 4.65 Å². The Kier molecular flexibility index (Phi) is 3.29. The van der Waals surface area contributed by atoms with Crippen molar-refractivity contribution < 1.29 is 17.9 Å². The van der Waals surface area contributed by atoms with Crippen molar-refractivity contribution in [3.63, 3.8) is 0 Å². The highest BCUT2D eigenvalue weighted by molar-refractivity contribution is 7.73. The summed E-state index contributed by atoms with van der Waals surface area (Å²) < 4.78 is 32.0. The molecule has 8 heteroatoms. The Bertz CT molecular complexity index is 819. The summed E-state index contributed by atoms with van der Waals surface area (Å²) in [5, 5.41) is 13.2. The van der Waals surface area contributed by atoms with Crippen LogP contribution in [0.5, 0.6) is 11.5 Å². The van der Waals surface area contributed by atoms with Crippen LogP contribution in [0.2, 0.25) is 5.02 Å². The van der Waals surface area contributed by atoms with Crippen LogP contribution in [-0.2, 0) is 10.3 Å². The first kappa shape index (κ1) is 14.2. The Morgan fingerprint density at radius 2 is 1.95 bits per heavy atom. The van der Waals surface area contributed by atoms with Crippen LogP contribution in [0, 0.1) is 5.21 Å². The van der Waals surface area contributed by atoms with E-state index in [4.69, 9.17) is 21.1 Å². The summed E-state index contributed by atoms with van der Waals surface area (Å²) in [5.41, 5.74) is 0.415. The van der Waals surface area contributed by atoms with Crippen molar-refractivity contribution in [2.75, 3.05) is 6.79 Å². The first-order chi connectivity index (χ1) is 9.93. The third kappa shape index (κ3) is 2.14. The van der Waals surface area contributed by atoms with Gasteiger partial charge in [0.25, 0.3) is 15.3 Å². The summed E-state index contributed by atoms with van der Waals surface area (Å²) in [4.78, 5) is -0.307. The largest absolute Gasteiger partial charge is 0.616 e. The third-order valence-electron chi connectivity index (χ3n) is 3.24. The minimum Gasteiger partial charge on any atom is -0.616 e. The molecular formula is C13H10ClNO5S. The van der Waals surface area contributed by atoms with E-state index in [1.165, 1.54) is 24.4 Å². The molecule has 1 aromatic carbocycles. The molecule has 2 heterocycles. The van der Waals surface area contributed by atoms with E-state index >= 15 is 0 Å². The minimum atomic E-state index is -2.68. The topological polar surface area (TPSA) is 75.7 Å². The highest BCUT2D eigenvalue weighted by atomic mass is 35.5. The molecule has 1 aromatic rings. The third-order valence-corrected chi connectivity index (χ3v) is 4.45. The lowest BCUT2D eigenvalue weighted by atomic mass is 10.1. The number of hydrogen-bond donors (Lipinski definition) is 0. The summed E-state index contributed by atoms with van der Waals surface area (Å²) in [6.07, 6.45) is 4.27. The van der Waals surface area contributed by atoms with E-state index in [1.807, 2.05) is 0 Å². The van der Waals surface area contributed by atoms with Gasteiger partial charge in [0.05, 0.1) is 0 Å². The van der Waals surface area contributed by atoms with Crippen molar-refractivity contribution in [2.45, 2.75) is 6.92 Å². The average molecular weight is 328 g/mol. The molecule has 0 fully saturated rings. The van der Waals surface area contributed by atoms with Gasteiger partial charge < -0.3 is 14.7 Å². The second kappa shape index (κ2) is 4.88. The van der Waals surface area contributed by atoms with E-state index in [1.54, 1.807) is 13.0 Å². The number of halogens is 1. The molecule has 0 aromatic heterocycles. The maximum absolute atomic E-state index is 13.1.